The number of aromatic nitrogens is 1. The number of phenols is 1. The first-order chi connectivity index (χ1) is 27.0. The number of allylic oxidation sites excluding steroid dienone is 3. The second-order valence-corrected chi connectivity index (χ2v) is 16.3. The van der Waals surface area contributed by atoms with Gasteiger partial charge in [0.2, 0.25) is 0 Å². The summed E-state index contributed by atoms with van der Waals surface area (Å²) >= 11 is 3.12. The fourth-order valence-electron chi connectivity index (χ4n) is 7.70. The molecule has 4 aromatic carbocycles. The van der Waals surface area contributed by atoms with Crippen molar-refractivity contribution in [1.29, 1.82) is 10.5 Å². The van der Waals surface area contributed by atoms with Crippen LogP contribution in [0.1, 0.15) is 68.1 Å². The van der Waals surface area contributed by atoms with Crippen LogP contribution in [0.25, 0.3) is 21.5 Å². The molecule has 4 N–H and O–H groups in total. The van der Waals surface area contributed by atoms with Crippen molar-refractivity contribution in [2.45, 2.75) is 62.3 Å². The summed E-state index contributed by atoms with van der Waals surface area (Å²) in [5.41, 5.74) is 7.97. The number of anilines is 1. The Morgan fingerprint density at radius 3 is 2.45 bits per heavy atom. The molecular formula is C45H42N6O2S2. The maximum Gasteiger partial charge on any atom is 0.137 e. The first-order valence-electron chi connectivity index (χ1n) is 18.9. The summed E-state index contributed by atoms with van der Waals surface area (Å²) in [6.45, 7) is 5.15. The first kappa shape index (κ1) is 36.3. The van der Waals surface area contributed by atoms with Crippen LogP contribution in [-0.4, -0.2) is 22.1 Å². The minimum Gasteiger partial charge on any atom is -0.508 e. The number of hydrogen-bond donors (Lipinski definition) is 4. The fourth-order valence-corrected chi connectivity index (χ4v) is 9.82. The summed E-state index contributed by atoms with van der Waals surface area (Å²) in [7, 11) is 0. The average Bonchev–Trinajstić information content (AvgIpc) is 3.95. The van der Waals surface area contributed by atoms with Crippen LogP contribution in [0.3, 0.4) is 0 Å². The highest BCUT2D eigenvalue weighted by molar-refractivity contribution is 8.00. The zero-order valence-corrected chi connectivity index (χ0v) is 32.4. The molecule has 0 spiro atoms. The highest BCUT2D eigenvalue weighted by Crippen LogP contribution is 2.51. The van der Waals surface area contributed by atoms with Crippen molar-refractivity contribution in [3.63, 3.8) is 0 Å². The number of thiazole rings is 1. The van der Waals surface area contributed by atoms with Gasteiger partial charge in [0.25, 0.3) is 0 Å². The third-order valence-electron chi connectivity index (χ3n) is 10.7. The van der Waals surface area contributed by atoms with E-state index in [1.54, 1.807) is 23.9 Å². The van der Waals surface area contributed by atoms with Gasteiger partial charge in [0.1, 0.15) is 33.5 Å². The lowest BCUT2D eigenvalue weighted by Crippen LogP contribution is -2.33. The number of nitrogens with one attached hydrogen (secondary N) is 3. The van der Waals surface area contributed by atoms with Crippen LogP contribution in [0.4, 0.5) is 5.69 Å². The second kappa shape index (κ2) is 16.0. The topological polar surface area (TPSA) is 126 Å². The summed E-state index contributed by atoms with van der Waals surface area (Å²) in [5.74, 6) is 1.27. The standard InChI is InChI=1S/C45H42N6O2S2/c1-3-5-10-27(4-2)26-53-31-21-17-28(18-22-31)37-23-32-40(43(48-37)34(25-47)45-50-36-12-7-9-14-39(36)55-45)41(29-15-19-30(52)20-16-29)51-42(32)33(24-46)44-49-35-11-6-8-13-38(35)54-44/h6-9,11-22,27,32,37,44,48-49,51-52H,3-5,10,23,26H2,1-2H3/b42-33-,43-34-. The molecule has 0 radical (unpaired) electrons. The molecule has 1 fully saturated rings. The summed E-state index contributed by atoms with van der Waals surface area (Å²) in [4.78, 5) is 6.03. The third-order valence-corrected chi connectivity index (χ3v) is 13.0. The molecule has 0 saturated carbocycles. The zero-order chi connectivity index (χ0) is 37.9. The van der Waals surface area contributed by atoms with E-state index in [1.165, 1.54) is 30.6 Å². The Labute approximate surface area is 330 Å². The van der Waals surface area contributed by atoms with E-state index in [2.05, 4.69) is 60.1 Å². The van der Waals surface area contributed by atoms with E-state index in [1.807, 2.05) is 66.7 Å². The van der Waals surface area contributed by atoms with Crippen molar-refractivity contribution in [1.82, 2.24) is 15.6 Å². The average molecular weight is 763 g/mol. The van der Waals surface area contributed by atoms with Crippen molar-refractivity contribution < 1.29 is 9.84 Å². The van der Waals surface area contributed by atoms with Gasteiger partial charge in [0.15, 0.2) is 0 Å². The number of para-hydroxylation sites is 2. The predicted octanol–water partition coefficient (Wildman–Crippen LogP) is 10.5. The number of nitrogens with zero attached hydrogens (tertiary/aromatic N) is 3. The van der Waals surface area contributed by atoms with Gasteiger partial charge in [0, 0.05) is 27.8 Å². The minimum atomic E-state index is -0.300. The molecule has 3 aliphatic rings. The number of nitriles is 2. The van der Waals surface area contributed by atoms with Crippen molar-refractivity contribution in [2.75, 3.05) is 11.9 Å². The van der Waals surface area contributed by atoms with Crippen molar-refractivity contribution in [3.05, 3.63) is 136 Å². The van der Waals surface area contributed by atoms with Gasteiger partial charge in [-0.1, -0.05) is 81.3 Å². The van der Waals surface area contributed by atoms with E-state index in [-0.39, 0.29) is 23.1 Å². The van der Waals surface area contributed by atoms with Crippen LogP contribution < -0.4 is 20.7 Å². The molecule has 55 heavy (non-hydrogen) atoms. The quantitative estimate of drug-likeness (QED) is 0.0973. The second-order valence-electron chi connectivity index (χ2n) is 14.2. The molecule has 276 valence electrons. The predicted molar refractivity (Wildman–Crippen MR) is 222 cm³/mol. The molecule has 0 bridgehead atoms. The molecule has 0 amide bonds. The number of benzene rings is 4. The lowest BCUT2D eigenvalue weighted by atomic mass is 9.80. The Morgan fingerprint density at radius 1 is 0.945 bits per heavy atom. The Balaban J connectivity index is 1.25. The first-order valence-corrected chi connectivity index (χ1v) is 20.6. The molecule has 4 unspecified atom stereocenters. The third kappa shape index (κ3) is 7.28. The smallest absolute Gasteiger partial charge is 0.137 e. The highest BCUT2D eigenvalue weighted by atomic mass is 32.2. The van der Waals surface area contributed by atoms with Gasteiger partial charge in [-0.05, 0) is 90.6 Å². The molecule has 1 saturated heterocycles. The van der Waals surface area contributed by atoms with Gasteiger partial charge in [-0.25, -0.2) is 4.98 Å². The Bertz CT molecular complexity index is 2340. The summed E-state index contributed by atoms with van der Waals surface area (Å²) in [5, 5.41) is 43.6. The maximum absolute atomic E-state index is 11.0. The van der Waals surface area contributed by atoms with Crippen LogP contribution >= 0.6 is 23.1 Å². The number of unbranched alkanes of at least 4 members (excludes halogenated alkanes) is 1. The lowest BCUT2D eigenvalue weighted by Gasteiger charge is -2.34. The monoisotopic (exact) mass is 762 g/mol. The van der Waals surface area contributed by atoms with E-state index in [0.717, 1.165) is 61.1 Å². The van der Waals surface area contributed by atoms with Crippen LogP contribution in [0.5, 0.6) is 11.5 Å². The number of hydrogen-bond acceptors (Lipinski definition) is 10. The normalized spacial score (nSPS) is 21.0. The number of aromatic hydroxyl groups is 1. The van der Waals surface area contributed by atoms with Gasteiger partial charge in [-0.3, -0.25) is 0 Å². The summed E-state index contributed by atoms with van der Waals surface area (Å²) < 4.78 is 7.28. The van der Waals surface area contributed by atoms with Gasteiger partial charge in [-0.15, -0.1) is 11.3 Å². The molecule has 8 nitrogen and oxygen atoms in total. The number of thioether (sulfide) groups is 1. The van der Waals surface area contributed by atoms with E-state index < -0.39 is 0 Å². The minimum absolute atomic E-state index is 0.157. The Hall–Kier alpha value is -5.68. The number of ether oxygens (including phenoxy) is 1. The molecule has 4 atom stereocenters. The van der Waals surface area contributed by atoms with E-state index in [9.17, 15) is 15.6 Å². The van der Waals surface area contributed by atoms with Crippen molar-refractivity contribution >= 4 is 50.3 Å². The SMILES string of the molecule is CCCCC(CC)COc1ccc(C2CC3C(=C(c4ccc(O)cc4)N/C3=C(/C#N)C3Nc4ccccc4S3)/C(=C(\C#N)c3nc4ccccc4s3)N2)cc1. The van der Waals surface area contributed by atoms with Crippen LogP contribution in [0.2, 0.25) is 0 Å². The molecule has 0 aliphatic carbocycles. The van der Waals surface area contributed by atoms with Crippen molar-refractivity contribution in [2.24, 2.45) is 11.8 Å². The Morgan fingerprint density at radius 2 is 1.73 bits per heavy atom. The maximum atomic E-state index is 11.0. The number of piperidine rings is 1. The molecule has 8 rings (SSSR count). The van der Waals surface area contributed by atoms with Crippen LogP contribution in [0.15, 0.2) is 124 Å². The largest absolute Gasteiger partial charge is 0.508 e. The number of rotatable bonds is 11. The van der Waals surface area contributed by atoms with Gasteiger partial charge >= 0.3 is 0 Å². The van der Waals surface area contributed by atoms with Crippen molar-refractivity contribution in [3.8, 4) is 23.6 Å². The zero-order valence-electron chi connectivity index (χ0n) is 30.8. The molecule has 1 aromatic heterocycles. The van der Waals surface area contributed by atoms with E-state index in [0.29, 0.717) is 40.8 Å². The molecular weight excluding hydrogens is 721 g/mol. The highest BCUT2D eigenvalue weighted by Gasteiger charge is 2.43. The van der Waals surface area contributed by atoms with Crippen LogP contribution in [0, 0.1) is 34.5 Å². The van der Waals surface area contributed by atoms with Gasteiger partial charge in [0.05, 0.1) is 45.9 Å². The number of fused-ring (bicyclic) bond motifs is 3. The van der Waals surface area contributed by atoms with Gasteiger partial charge < -0.3 is 25.8 Å². The van der Waals surface area contributed by atoms with Gasteiger partial charge in [-0.2, -0.15) is 10.5 Å². The van der Waals surface area contributed by atoms with E-state index >= 15 is 0 Å². The summed E-state index contributed by atoms with van der Waals surface area (Å²) in [6.07, 6.45) is 5.28. The molecule has 4 heterocycles. The summed E-state index contributed by atoms with van der Waals surface area (Å²) in [6, 6.07) is 36.3. The van der Waals surface area contributed by atoms with E-state index in [4.69, 9.17) is 9.72 Å². The molecule has 5 aromatic rings. The molecule has 10 heteroatoms. The Kier molecular flexibility index (Phi) is 10.5. The van der Waals surface area contributed by atoms with Crippen LogP contribution in [-0.2, 0) is 0 Å². The lowest BCUT2D eigenvalue weighted by molar-refractivity contribution is 0.233. The molecule has 3 aliphatic heterocycles. The number of phenolic OH excluding ortho intramolecular Hbond substituents is 1. The fraction of sp³-hybridized carbons (Fsp3) is 0.267.